The lowest BCUT2D eigenvalue weighted by atomic mass is 10.3. The standard InChI is InChI=1S/C16H11BrClN5/c17-10-5-7-11(8-6-10)23-15(20)12(9-19)16(22-23)21-14-4-2-1-3-13(14)18/h1-8H,20H2,(H,21,22). The Bertz CT molecular complexity index is 896. The van der Waals surface area contributed by atoms with E-state index in [1.165, 1.54) is 4.68 Å². The molecule has 0 aliphatic carbocycles. The molecule has 0 saturated carbocycles. The summed E-state index contributed by atoms with van der Waals surface area (Å²) in [6.45, 7) is 0. The van der Waals surface area contributed by atoms with Gasteiger partial charge in [-0.15, -0.1) is 5.10 Å². The van der Waals surface area contributed by atoms with E-state index in [1.807, 2.05) is 36.4 Å². The third kappa shape index (κ3) is 3.02. The minimum atomic E-state index is 0.268. The van der Waals surface area contributed by atoms with Crippen molar-refractivity contribution >= 4 is 44.9 Å². The number of para-hydroxylation sites is 1. The van der Waals surface area contributed by atoms with Crippen molar-refractivity contribution in [3.8, 4) is 11.8 Å². The highest BCUT2D eigenvalue weighted by molar-refractivity contribution is 9.10. The van der Waals surface area contributed by atoms with E-state index in [2.05, 4.69) is 32.4 Å². The van der Waals surface area contributed by atoms with E-state index in [0.29, 0.717) is 16.5 Å². The number of rotatable bonds is 3. The van der Waals surface area contributed by atoms with Crippen molar-refractivity contribution in [2.24, 2.45) is 0 Å². The summed E-state index contributed by atoms with van der Waals surface area (Å²) in [6, 6.07) is 16.8. The van der Waals surface area contributed by atoms with Crippen LogP contribution in [-0.4, -0.2) is 9.78 Å². The summed E-state index contributed by atoms with van der Waals surface area (Å²) >= 11 is 9.52. The summed E-state index contributed by atoms with van der Waals surface area (Å²) in [7, 11) is 0. The zero-order chi connectivity index (χ0) is 16.4. The van der Waals surface area contributed by atoms with Crippen LogP contribution in [0.1, 0.15) is 5.56 Å². The van der Waals surface area contributed by atoms with E-state index in [1.54, 1.807) is 12.1 Å². The summed E-state index contributed by atoms with van der Waals surface area (Å²) in [5.74, 6) is 0.630. The van der Waals surface area contributed by atoms with E-state index >= 15 is 0 Å². The molecule has 3 aromatic rings. The first-order valence-corrected chi connectivity index (χ1v) is 7.83. The van der Waals surface area contributed by atoms with Gasteiger partial charge in [-0.3, -0.25) is 0 Å². The topological polar surface area (TPSA) is 79.7 Å². The molecule has 5 nitrogen and oxygen atoms in total. The van der Waals surface area contributed by atoms with Crippen molar-refractivity contribution in [2.45, 2.75) is 0 Å². The molecule has 0 amide bonds. The molecule has 3 N–H and O–H groups in total. The number of nitrogens with zero attached hydrogens (tertiary/aromatic N) is 3. The predicted octanol–water partition coefficient (Wildman–Crippen LogP) is 4.49. The Morgan fingerprint density at radius 3 is 2.52 bits per heavy atom. The highest BCUT2D eigenvalue weighted by atomic mass is 79.9. The maximum Gasteiger partial charge on any atom is 0.173 e. The van der Waals surface area contributed by atoms with Crippen LogP contribution in [-0.2, 0) is 0 Å². The molecule has 114 valence electrons. The third-order valence-corrected chi connectivity index (χ3v) is 4.09. The van der Waals surface area contributed by atoms with Gasteiger partial charge in [0.2, 0.25) is 0 Å². The molecule has 0 fully saturated rings. The van der Waals surface area contributed by atoms with Crippen LogP contribution in [0.4, 0.5) is 17.3 Å². The lowest BCUT2D eigenvalue weighted by molar-refractivity contribution is 0.895. The molecule has 23 heavy (non-hydrogen) atoms. The Hall–Kier alpha value is -2.49. The van der Waals surface area contributed by atoms with Gasteiger partial charge >= 0.3 is 0 Å². The Morgan fingerprint density at radius 2 is 1.87 bits per heavy atom. The van der Waals surface area contributed by atoms with E-state index in [-0.39, 0.29) is 11.4 Å². The number of aromatic nitrogens is 2. The van der Waals surface area contributed by atoms with Gasteiger partial charge in [0, 0.05) is 4.47 Å². The number of nitriles is 1. The van der Waals surface area contributed by atoms with Crippen molar-refractivity contribution in [1.82, 2.24) is 9.78 Å². The lowest BCUT2D eigenvalue weighted by Crippen LogP contribution is -2.02. The van der Waals surface area contributed by atoms with E-state index in [4.69, 9.17) is 17.3 Å². The normalized spacial score (nSPS) is 10.3. The Kier molecular flexibility index (Phi) is 4.24. The van der Waals surface area contributed by atoms with Crippen molar-refractivity contribution in [1.29, 1.82) is 5.26 Å². The fourth-order valence-corrected chi connectivity index (χ4v) is 2.55. The predicted molar refractivity (Wildman–Crippen MR) is 95.1 cm³/mol. The van der Waals surface area contributed by atoms with Gasteiger partial charge in [0.05, 0.1) is 16.4 Å². The SMILES string of the molecule is N#Cc1c(Nc2ccccc2Cl)nn(-c2ccc(Br)cc2)c1N. The first kappa shape index (κ1) is 15.4. The number of hydrogen-bond donors (Lipinski definition) is 2. The molecule has 1 heterocycles. The minimum Gasteiger partial charge on any atom is -0.382 e. The monoisotopic (exact) mass is 387 g/mol. The zero-order valence-corrected chi connectivity index (χ0v) is 14.1. The maximum absolute atomic E-state index is 9.39. The van der Waals surface area contributed by atoms with Gasteiger partial charge in [-0.1, -0.05) is 39.7 Å². The highest BCUT2D eigenvalue weighted by Gasteiger charge is 2.17. The first-order chi connectivity index (χ1) is 11.1. The van der Waals surface area contributed by atoms with Gasteiger partial charge in [0.25, 0.3) is 0 Å². The lowest BCUT2D eigenvalue weighted by Gasteiger charge is -2.05. The van der Waals surface area contributed by atoms with Crippen LogP contribution in [0, 0.1) is 11.3 Å². The number of benzene rings is 2. The fraction of sp³-hybridized carbons (Fsp3) is 0. The van der Waals surface area contributed by atoms with Crippen LogP contribution in [0.15, 0.2) is 53.0 Å². The molecule has 2 aromatic carbocycles. The number of anilines is 3. The second-order valence-corrected chi connectivity index (χ2v) is 6.04. The number of hydrogen-bond acceptors (Lipinski definition) is 4. The van der Waals surface area contributed by atoms with Crippen LogP contribution in [0.25, 0.3) is 5.69 Å². The molecule has 0 bridgehead atoms. The molecule has 0 unspecified atom stereocenters. The first-order valence-electron chi connectivity index (χ1n) is 6.66. The number of nitrogens with two attached hydrogens (primary N) is 1. The molecule has 0 aliphatic heterocycles. The molecule has 0 atom stereocenters. The molecular formula is C16H11BrClN5. The van der Waals surface area contributed by atoms with Crippen LogP contribution in [0.2, 0.25) is 5.02 Å². The molecule has 7 heteroatoms. The Morgan fingerprint density at radius 1 is 1.17 bits per heavy atom. The van der Waals surface area contributed by atoms with Crippen LogP contribution >= 0.6 is 27.5 Å². The van der Waals surface area contributed by atoms with Crippen molar-refractivity contribution in [3.05, 3.63) is 63.6 Å². The fourth-order valence-electron chi connectivity index (χ4n) is 2.10. The summed E-state index contributed by atoms with van der Waals surface area (Å²) in [6.07, 6.45) is 0. The van der Waals surface area contributed by atoms with Crippen LogP contribution in [0.3, 0.4) is 0 Å². The van der Waals surface area contributed by atoms with Gasteiger partial charge in [0.15, 0.2) is 5.82 Å². The Balaban J connectivity index is 2.05. The highest BCUT2D eigenvalue weighted by Crippen LogP contribution is 2.30. The molecule has 0 aliphatic rings. The smallest absolute Gasteiger partial charge is 0.173 e. The molecule has 1 aromatic heterocycles. The molecule has 3 rings (SSSR count). The molecule has 0 saturated heterocycles. The number of nitrogen functional groups attached to an aromatic ring is 1. The summed E-state index contributed by atoms with van der Waals surface area (Å²) in [4.78, 5) is 0. The van der Waals surface area contributed by atoms with Crippen molar-refractivity contribution < 1.29 is 0 Å². The van der Waals surface area contributed by atoms with Crippen LogP contribution < -0.4 is 11.1 Å². The largest absolute Gasteiger partial charge is 0.382 e. The average Bonchev–Trinajstić information content (AvgIpc) is 2.86. The van der Waals surface area contributed by atoms with E-state index < -0.39 is 0 Å². The van der Waals surface area contributed by atoms with E-state index in [9.17, 15) is 5.26 Å². The third-order valence-electron chi connectivity index (χ3n) is 3.23. The summed E-state index contributed by atoms with van der Waals surface area (Å²) in [5.41, 5.74) is 7.76. The quantitative estimate of drug-likeness (QED) is 0.693. The van der Waals surface area contributed by atoms with Gasteiger partial charge in [-0.05, 0) is 36.4 Å². The van der Waals surface area contributed by atoms with Crippen molar-refractivity contribution in [2.75, 3.05) is 11.1 Å². The average molecular weight is 389 g/mol. The molecule has 0 radical (unpaired) electrons. The van der Waals surface area contributed by atoms with Gasteiger partial charge in [-0.2, -0.15) is 5.26 Å². The second kappa shape index (κ2) is 6.32. The Labute approximate surface area is 146 Å². The summed E-state index contributed by atoms with van der Waals surface area (Å²) in [5, 5.41) is 17.4. The van der Waals surface area contributed by atoms with E-state index in [0.717, 1.165) is 10.2 Å². The van der Waals surface area contributed by atoms with Crippen molar-refractivity contribution in [3.63, 3.8) is 0 Å². The number of halogens is 2. The minimum absolute atomic E-state index is 0.268. The zero-order valence-electron chi connectivity index (χ0n) is 11.8. The van der Waals surface area contributed by atoms with Gasteiger partial charge in [-0.25, -0.2) is 4.68 Å². The van der Waals surface area contributed by atoms with Crippen LogP contribution in [0.5, 0.6) is 0 Å². The molecular weight excluding hydrogens is 378 g/mol. The number of nitrogens with one attached hydrogen (secondary N) is 1. The molecule has 0 spiro atoms. The van der Waals surface area contributed by atoms with Gasteiger partial charge in [0.1, 0.15) is 17.5 Å². The maximum atomic E-state index is 9.39. The second-order valence-electron chi connectivity index (χ2n) is 4.71. The summed E-state index contributed by atoms with van der Waals surface area (Å²) < 4.78 is 2.46. The van der Waals surface area contributed by atoms with Gasteiger partial charge < -0.3 is 11.1 Å².